The molecule has 2 atom stereocenters. The molecule has 0 bridgehead atoms. The molecular weight excluding hydrogens is 579 g/mol. The third-order valence-electron chi connectivity index (χ3n) is 7.64. The summed E-state index contributed by atoms with van der Waals surface area (Å²) in [4.78, 5) is 34.1. The van der Waals surface area contributed by atoms with Gasteiger partial charge in [0.2, 0.25) is 15.9 Å². The number of carbonyl (C=O) groups is 2. The number of amides is 2. The second-order valence-electron chi connectivity index (χ2n) is 10.4. The molecule has 1 aliphatic carbocycles. The summed E-state index contributed by atoms with van der Waals surface area (Å²) in [5.41, 5.74) is 0.791. The topological polar surface area (TPSA) is 99.7 Å². The van der Waals surface area contributed by atoms with Gasteiger partial charge in [0.15, 0.2) is 0 Å². The Bertz CT molecular complexity index is 1640. The lowest BCUT2D eigenvalue weighted by Gasteiger charge is -2.36. The average Bonchev–Trinajstić information content (AvgIpc) is 3.31. The van der Waals surface area contributed by atoms with Crippen molar-refractivity contribution in [1.82, 2.24) is 10.3 Å². The van der Waals surface area contributed by atoms with Gasteiger partial charge in [-0.15, -0.1) is 6.42 Å². The molecule has 42 heavy (non-hydrogen) atoms. The largest absolute Gasteiger partial charge is 0.351 e. The first-order chi connectivity index (χ1) is 20.2. The summed E-state index contributed by atoms with van der Waals surface area (Å²) in [5.74, 6) is 0.266. The summed E-state index contributed by atoms with van der Waals surface area (Å²) in [7, 11) is -3.97. The number of pyridine rings is 1. The Balaban J connectivity index is 1.64. The summed E-state index contributed by atoms with van der Waals surface area (Å²) in [6.07, 6.45) is 11.4. The van der Waals surface area contributed by atoms with E-state index in [9.17, 15) is 22.4 Å². The Hall–Kier alpha value is -3.94. The highest BCUT2D eigenvalue weighted by molar-refractivity contribution is 7.93. The number of aromatic nitrogens is 1. The first-order valence-electron chi connectivity index (χ1n) is 13.8. The van der Waals surface area contributed by atoms with Gasteiger partial charge in [-0.2, -0.15) is 0 Å². The van der Waals surface area contributed by atoms with E-state index in [-0.39, 0.29) is 34.7 Å². The second kappa shape index (κ2) is 12.5. The lowest BCUT2D eigenvalue weighted by molar-refractivity contribution is -0.127. The van der Waals surface area contributed by atoms with Gasteiger partial charge in [-0.1, -0.05) is 61.0 Å². The van der Waals surface area contributed by atoms with Gasteiger partial charge in [0.25, 0.3) is 5.91 Å². The van der Waals surface area contributed by atoms with Crippen LogP contribution in [0.25, 0.3) is 0 Å². The number of hydrogen-bond donors (Lipinski definition) is 1. The maximum atomic E-state index is 14.6. The summed E-state index contributed by atoms with van der Waals surface area (Å²) >= 11 is 6.61. The third kappa shape index (κ3) is 6.13. The van der Waals surface area contributed by atoms with Crippen molar-refractivity contribution in [2.45, 2.75) is 56.7 Å². The van der Waals surface area contributed by atoms with E-state index in [4.69, 9.17) is 18.0 Å². The number of carbonyl (C=O) groups excluding carboxylic acids is 2. The van der Waals surface area contributed by atoms with Gasteiger partial charge in [-0.3, -0.25) is 14.5 Å². The molecule has 2 heterocycles. The Morgan fingerprint density at radius 2 is 1.83 bits per heavy atom. The zero-order valence-electron chi connectivity index (χ0n) is 22.7. The Kier molecular flexibility index (Phi) is 8.80. The van der Waals surface area contributed by atoms with Gasteiger partial charge in [0.05, 0.1) is 5.75 Å². The normalized spacial score (nSPS) is 19.1. The predicted molar refractivity (Wildman–Crippen MR) is 160 cm³/mol. The molecule has 2 aliphatic rings. The number of hydrogen-bond acceptors (Lipinski definition) is 5. The van der Waals surface area contributed by atoms with Gasteiger partial charge in [-0.25, -0.2) is 22.1 Å². The van der Waals surface area contributed by atoms with Crippen LogP contribution in [0.5, 0.6) is 0 Å². The highest BCUT2D eigenvalue weighted by Gasteiger charge is 2.47. The van der Waals surface area contributed by atoms with Crippen molar-refractivity contribution >= 4 is 44.9 Å². The molecule has 5 rings (SSSR count). The molecule has 218 valence electrons. The SMILES string of the molecule is C#Cc1ccnc(N2[C@H](C(=O)N(c3cccc(F)c3)[C@H](C(=O)NC3CCCCC3)c3ccccc3Cl)CCS2(=O)=O)c1. The van der Waals surface area contributed by atoms with Crippen LogP contribution in [0.3, 0.4) is 0 Å². The van der Waals surface area contributed by atoms with E-state index in [1.165, 1.54) is 30.5 Å². The molecule has 1 aliphatic heterocycles. The van der Waals surface area contributed by atoms with Gasteiger partial charge >= 0.3 is 0 Å². The van der Waals surface area contributed by atoms with Crippen molar-refractivity contribution in [3.63, 3.8) is 0 Å². The van der Waals surface area contributed by atoms with Crippen molar-refractivity contribution in [2.24, 2.45) is 0 Å². The fraction of sp³-hybridized carbons (Fsp3) is 0.323. The van der Waals surface area contributed by atoms with Gasteiger partial charge in [0, 0.05) is 34.1 Å². The summed E-state index contributed by atoms with van der Waals surface area (Å²) in [5, 5.41) is 3.31. The van der Waals surface area contributed by atoms with Gasteiger partial charge in [0.1, 0.15) is 23.7 Å². The third-order valence-corrected chi connectivity index (χ3v) is 9.77. The number of terminal acetylenes is 1. The summed E-state index contributed by atoms with van der Waals surface area (Å²) < 4.78 is 42.2. The first-order valence-corrected chi connectivity index (χ1v) is 15.8. The van der Waals surface area contributed by atoms with Crippen LogP contribution in [0.4, 0.5) is 15.9 Å². The van der Waals surface area contributed by atoms with Crippen molar-refractivity contribution < 1.29 is 22.4 Å². The van der Waals surface area contributed by atoms with Crippen LogP contribution in [0.15, 0.2) is 66.9 Å². The predicted octanol–water partition coefficient (Wildman–Crippen LogP) is 4.99. The van der Waals surface area contributed by atoms with Crippen molar-refractivity contribution in [2.75, 3.05) is 15.0 Å². The average molecular weight is 609 g/mol. The highest BCUT2D eigenvalue weighted by atomic mass is 35.5. The fourth-order valence-corrected chi connectivity index (χ4v) is 7.56. The molecule has 8 nitrogen and oxygen atoms in total. The molecular formula is C31H30ClFN4O4S. The molecule has 2 amide bonds. The quantitative estimate of drug-likeness (QED) is 0.381. The smallest absolute Gasteiger partial charge is 0.252 e. The highest BCUT2D eigenvalue weighted by Crippen LogP contribution is 2.37. The molecule has 1 aromatic heterocycles. The van der Waals surface area contributed by atoms with Gasteiger partial charge < -0.3 is 5.32 Å². The number of nitrogens with zero attached hydrogens (tertiary/aromatic N) is 3. The minimum absolute atomic E-state index is 0.0126. The number of benzene rings is 2. The van der Waals surface area contributed by atoms with Crippen LogP contribution in [0, 0.1) is 18.2 Å². The molecule has 11 heteroatoms. The molecule has 0 radical (unpaired) electrons. The van der Waals surface area contributed by atoms with E-state index in [1.54, 1.807) is 30.3 Å². The zero-order chi connectivity index (χ0) is 29.9. The lowest BCUT2D eigenvalue weighted by atomic mass is 9.94. The minimum Gasteiger partial charge on any atom is -0.351 e. The van der Waals surface area contributed by atoms with E-state index in [2.05, 4.69) is 16.2 Å². The zero-order valence-corrected chi connectivity index (χ0v) is 24.3. The first kappa shape index (κ1) is 29.5. The van der Waals surface area contributed by atoms with Crippen molar-refractivity contribution in [3.8, 4) is 12.3 Å². The monoisotopic (exact) mass is 608 g/mol. The van der Waals surface area contributed by atoms with E-state index < -0.39 is 39.7 Å². The number of anilines is 2. The van der Waals surface area contributed by atoms with Crippen LogP contribution in [-0.4, -0.2) is 43.1 Å². The van der Waals surface area contributed by atoms with E-state index in [0.717, 1.165) is 47.4 Å². The Labute approximate surface area is 249 Å². The fourth-order valence-electron chi connectivity index (χ4n) is 5.64. The second-order valence-corrected chi connectivity index (χ2v) is 12.8. The Morgan fingerprint density at radius 1 is 1.07 bits per heavy atom. The Morgan fingerprint density at radius 3 is 2.55 bits per heavy atom. The summed E-state index contributed by atoms with van der Waals surface area (Å²) in [6, 6.07) is 12.2. The molecule has 1 N–H and O–H groups in total. The van der Waals surface area contributed by atoms with E-state index in [0.29, 0.717) is 11.1 Å². The summed E-state index contributed by atoms with van der Waals surface area (Å²) in [6.45, 7) is 0. The van der Waals surface area contributed by atoms with E-state index >= 15 is 0 Å². The molecule has 2 aromatic carbocycles. The number of sulfonamides is 1. The molecule has 0 unspecified atom stereocenters. The molecule has 0 spiro atoms. The molecule has 3 aromatic rings. The lowest BCUT2D eigenvalue weighted by Crippen LogP contribution is -2.53. The van der Waals surface area contributed by atoms with Gasteiger partial charge in [-0.05, 0) is 55.7 Å². The standard InChI is InChI=1S/C31H30ClFN4O4S/c1-2-21-15-17-34-28(19-21)37-27(16-18-42(37,40)41)31(39)36(24-12-8-9-22(33)20-24)29(25-13-6-7-14-26(25)32)30(38)35-23-10-4-3-5-11-23/h1,6-9,12-15,17,19-20,23,27,29H,3-5,10-11,16,18H2,(H,35,38)/t27-,29-/m0/s1. The number of nitrogens with one attached hydrogen (secondary N) is 1. The van der Waals surface area contributed by atoms with Crippen LogP contribution in [0.1, 0.15) is 55.7 Å². The molecule has 1 saturated heterocycles. The van der Waals surface area contributed by atoms with Crippen LogP contribution < -0.4 is 14.5 Å². The molecule has 1 saturated carbocycles. The van der Waals surface area contributed by atoms with Crippen LogP contribution in [0.2, 0.25) is 5.02 Å². The van der Waals surface area contributed by atoms with Crippen molar-refractivity contribution in [1.29, 1.82) is 0 Å². The number of rotatable bonds is 7. The van der Waals surface area contributed by atoms with Crippen LogP contribution >= 0.6 is 11.6 Å². The maximum absolute atomic E-state index is 14.6. The number of halogens is 2. The van der Waals surface area contributed by atoms with E-state index in [1.807, 2.05) is 0 Å². The molecule has 2 fully saturated rings. The van der Waals surface area contributed by atoms with Crippen molar-refractivity contribution in [3.05, 3.63) is 88.8 Å². The van der Waals surface area contributed by atoms with Crippen LogP contribution in [-0.2, 0) is 19.6 Å². The minimum atomic E-state index is -3.97. The maximum Gasteiger partial charge on any atom is 0.252 e.